The quantitative estimate of drug-likeness (QED) is 0.298. The molecule has 1 amide bonds. The lowest BCUT2D eigenvalue weighted by Gasteiger charge is -2.31. The molecule has 4 heterocycles. The summed E-state index contributed by atoms with van der Waals surface area (Å²) in [6.45, 7) is 8.29. The smallest absolute Gasteiger partial charge is 0.251 e. The maximum absolute atomic E-state index is 12.3. The average Bonchev–Trinajstić information content (AvgIpc) is 2.99. The van der Waals surface area contributed by atoms with Crippen LogP contribution in [0, 0.1) is 0 Å². The van der Waals surface area contributed by atoms with Crippen LogP contribution in [0.15, 0.2) is 55.2 Å². The molecular formula is C29H35N9O. The lowest BCUT2D eigenvalue weighted by atomic mass is 9.96. The highest BCUT2D eigenvalue weighted by atomic mass is 16.1. The highest BCUT2D eigenvalue weighted by Gasteiger charge is 2.19. The summed E-state index contributed by atoms with van der Waals surface area (Å²) in [6, 6.07) is 10.0. The molecule has 5 rings (SSSR count). The zero-order chi connectivity index (χ0) is 27.2. The van der Waals surface area contributed by atoms with Gasteiger partial charge in [0.15, 0.2) is 0 Å². The van der Waals surface area contributed by atoms with Crippen LogP contribution >= 0.6 is 0 Å². The fourth-order valence-corrected chi connectivity index (χ4v) is 5.02. The predicted octanol–water partition coefficient (Wildman–Crippen LogP) is 3.95. The van der Waals surface area contributed by atoms with E-state index in [2.05, 4.69) is 65.7 Å². The highest BCUT2D eigenvalue weighted by Crippen LogP contribution is 2.27. The van der Waals surface area contributed by atoms with Gasteiger partial charge < -0.3 is 20.9 Å². The lowest BCUT2D eigenvalue weighted by Crippen LogP contribution is -2.39. The van der Waals surface area contributed by atoms with Gasteiger partial charge in [0, 0.05) is 74.2 Å². The summed E-state index contributed by atoms with van der Waals surface area (Å²) in [6.07, 6.45) is 9.04. The first kappa shape index (κ1) is 26.4. The van der Waals surface area contributed by atoms with Crippen molar-refractivity contribution in [3.8, 4) is 11.3 Å². The Hall–Kier alpha value is -4.18. The third kappa shape index (κ3) is 6.12. The Kier molecular flexibility index (Phi) is 8.21. The van der Waals surface area contributed by atoms with Crippen molar-refractivity contribution in [1.82, 2.24) is 35.1 Å². The topological polar surface area (TPSA) is 121 Å². The molecule has 4 aromatic rings. The second-order valence-corrected chi connectivity index (χ2v) is 9.90. The maximum Gasteiger partial charge on any atom is 0.251 e. The first-order chi connectivity index (χ1) is 19.1. The number of hydrogen-bond acceptors (Lipinski definition) is 9. The van der Waals surface area contributed by atoms with E-state index in [-0.39, 0.29) is 11.8 Å². The molecular weight excluding hydrogens is 490 g/mol. The monoisotopic (exact) mass is 525 g/mol. The molecule has 0 radical (unpaired) electrons. The Bertz CT molecular complexity index is 1420. The van der Waals surface area contributed by atoms with E-state index in [9.17, 15) is 4.79 Å². The van der Waals surface area contributed by atoms with Crippen LogP contribution in [0.4, 0.5) is 11.8 Å². The van der Waals surface area contributed by atoms with E-state index in [1.54, 1.807) is 38.0 Å². The van der Waals surface area contributed by atoms with Crippen molar-refractivity contribution in [2.45, 2.75) is 38.6 Å². The number of carbonyl (C=O) groups excluding carboxylic acids is 1. The number of likely N-dealkylation sites (tertiary alicyclic amines) is 1. The fourth-order valence-electron chi connectivity index (χ4n) is 5.02. The molecule has 1 aromatic carbocycles. The van der Waals surface area contributed by atoms with Crippen molar-refractivity contribution in [3.63, 3.8) is 0 Å². The SMILES string of the molecule is CCN1CCC(Nc2ncc(-c3cc(NC[C@@H](C)c4cccc5c(C(=O)NC)ccnc45)ncn3)cn2)CC1. The Morgan fingerprint density at radius 2 is 1.87 bits per heavy atom. The molecule has 1 fully saturated rings. The van der Waals surface area contributed by atoms with Gasteiger partial charge in [-0.2, -0.15) is 0 Å². The fraction of sp³-hybridized carbons (Fsp3) is 0.379. The number of rotatable bonds is 9. The van der Waals surface area contributed by atoms with Crippen molar-refractivity contribution in [1.29, 1.82) is 0 Å². The van der Waals surface area contributed by atoms with E-state index in [0.717, 1.165) is 66.0 Å². The Morgan fingerprint density at radius 1 is 1.08 bits per heavy atom. The zero-order valence-electron chi connectivity index (χ0n) is 22.7. The standard InChI is InChI=1S/C29H35N9O/c1-4-38-12-9-21(10-13-38)37-29-33-16-20(17-34-29)25-14-26(36-18-35-25)32-15-19(2)22-6-5-7-23-24(28(39)30-3)8-11-31-27(22)23/h5-8,11,14,16-19,21H,4,9-10,12-13,15H2,1-3H3,(H,30,39)(H,32,35,36)(H,33,34,37)/t19-/m1/s1. The van der Waals surface area contributed by atoms with E-state index in [1.807, 2.05) is 18.2 Å². The minimum Gasteiger partial charge on any atom is -0.369 e. The molecule has 1 atom stereocenters. The number of aromatic nitrogens is 5. The maximum atomic E-state index is 12.3. The number of carbonyl (C=O) groups is 1. The van der Waals surface area contributed by atoms with Gasteiger partial charge in [-0.1, -0.05) is 32.0 Å². The van der Waals surface area contributed by atoms with Gasteiger partial charge in [-0.05, 0) is 31.0 Å². The Labute approximate surface area is 228 Å². The summed E-state index contributed by atoms with van der Waals surface area (Å²) in [5.41, 5.74) is 4.11. The number of hydrogen-bond donors (Lipinski definition) is 3. The van der Waals surface area contributed by atoms with Crippen LogP contribution in [-0.4, -0.2) is 75.0 Å². The Morgan fingerprint density at radius 3 is 2.62 bits per heavy atom. The van der Waals surface area contributed by atoms with Gasteiger partial charge in [0.25, 0.3) is 5.91 Å². The molecule has 0 spiro atoms. The largest absolute Gasteiger partial charge is 0.369 e. The molecule has 3 aromatic heterocycles. The van der Waals surface area contributed by atoms with Crippen LogP contribution < -0.4 is 16.0 Å². The van der Waals surface area contributed by atoms with Gasteiger partial charge >= 0.3 is 0 Å². The van der Waals surface area contributed by atoms with Crippen molar-refractivity contribution >= 4 is 28.6 Å². The average molecular weight is 526 g/mol. The zero-order valence-corrected chi connectivity index (χ0v) is 22.7. The number of nitrogens with one attached hydrogen (secondary N) is 3. The molecule has 1 aliphatic rings. The van der Waals surface area contributed by atoms with Crippen LogP contribution in [0.25, 0.3) is 22.2 Å². The van der Waals surface area contributed by atoms with Crippen LogP contribution in [0.5, 0.6) is 0 Å². The summed E-state index contributed by atoms with van der Waals surface area (Å²) >= 11 is 0. The van der Waals surface area contributed by atoms with E-state index in [1.165, 1.54) is 0 Å². The third-order valence-corrected chi connectivity index (χ3v) is 7.38. The molecule has 10 heteroatoms. The summed E-state index contributed by atoms with van der Waals surface area (Å²) in [5, 5.41) is 10.4. The lowest BCUT2D eigenvalue weighted by molar-refractivity contribution is 0.0964. The van der Waals surface area contributed by atoms with Crippen molar-refractivity contribution < 1.29 is 4.79 Å². The second-order valence-electron chi connectivity index (χ2n) is 9.90. The number of piperidine rings is 1. The van der Waals surface area contributed by atoms with Crippen LogP contribution in [0.1, 0.15) is 48.5 Å². The van der Waals surface area contributed by atoms with Gasteiger partial charge in [0.2, 0.25) is 5.95 Å². The molecule has 39 heavy (non-hydrogen) atoms. The number of pyridine rings is 1. The second kappa shape index (κ2) is 12.1. The van der Waals surface area contributed by atoms with Crippen LogP contribution in [0.3, 0.4) is 0 Å². The van der Waals surface area contributed by atoms with Crippen molar-refractivity contribution in [3.05, 3.63) is 66.4 Å². The number of nitrogens with zero attached hydrogens (tertiary/aromatic N) is 6. The van der Waals surface area contributed by atoms with Gasteiger partial charge in [-0.15, -0.1) is 0 Å². The van der Waals surface area contributed by atoms with E-state index >= 15 is 0 Å². The number of benzene rings is 1. The van der Waals surface area contributed by atoms with Crippen LogP contribution in [0.2, 0.25) is 0 Å². The van der Waals surface area contributed by atoms with Gasteiger partial charge in [-0.25, -0.2) is 19.9 Å². The minimum absolute atomic E-state index is 0.121. The number of anilines is 2. The van der Waals surface area contributed by atoms with Gasteiger partial charge in [0.1, 0.15) is 12.1 Å². The van der Waals surface area contributed by atoms with E-state index in [4.69, 9.17) is 0 Å². The normalized spacial score (nSPS) is 15.2. The summed E-state index contributed by atoms with van der Waals surface area (Å²) < 4.78 is 0. The first-order valence-electron chi connectivity index (χ1n) is 13.5. The van der Waals surface area contributed by atoms with Crippen LogP contribution in [-0.2, 0) is 0 Å². The molecule has 1 aliphatic heterocycles. The van der Waals surface area contributed by atoms with Crippen molar-refractivity contribution in [2.24, 2.45) is 0 Å². The molecule has 0 aliphatic carbocycles. The minimum atomic E-state index is -0.121. The van der Waals surface area contributed by atoms with Crippen molar-refractivity contribution in [2.75, 3.05) is 43.9 Å². The Balaban J connectivity index is 1.23. The number of amides is 1. The van der Waals surface area contributed by atoms with Gasteiger partial charge in [0.05, 0.1) is 16.8 Å². The molecule has 0 bridgehead atoms. The van der Waals surface area contributed by atoms with E-state index < -0.39 is 0 Å². The number of fused-ring (bicyclic) bond motifs is 1. The summed E-state index contributed by atoms with van der Waals surface area (Å²) in [4.78, 5) is 37.3. The predicted molar refractivity (Wildman–Crippen MR) is 154 cm³/mol. The summed E-state index contributed by atoms with van der Waals surface area (Å²) in [5.74, 6) is 1.37. The highest BCUT2D eigenvalue weighted by molar-refractivity contribution is 6.06. The molecule has 202 valence electrons. The van der Waals surface area contributed by atoms with E-state index in [0.29, 0.717) is 24.1 Å². The van der Waals surface area contributed by atoms with Gasteiger partial charge in [-0.3, -0.25) is 9.78 Å². The molecule has 0 unspecified atom stereocenters. The molecule has 0 saturated carbocycles. The number of para-hydroxylation sites is 1. The summed E-state index contributed by atoms with van der Waals surface area (Å²) in [7, 11) is 1.63. The molecule has 3 N–H and O–H groups in total. The third-order valence-electron chi connectivity index (χ3n) is 7.38. The molecule has 1 saturated heterocycles. The molecule has 10 nitrogen and oxygen atoms in total. The first-order valence-corrected chi connectivity index (χ1v) is 13.5.